The molecule has 1 nitrogen and oxygen atoms in total. The highest BCUT2D eigenvalue weighted by atomic mass is 15.1. The minimum atomic E-state index is 1.12. The molecular weight excluding hydrogens is 206 g/mol. The predicted octanol–water partition coefficient (Wildman–Crippen LogP) is 5.00. The van der Waals surface area contributed by atoms with Crippen molar-refractivity contribution in [2.75, 3.05) is 11.4 Å². The van der Waals surface area contributed by atoms with Gasteiger partial charge in [-0.25, -0.2) is 0 Å². The van der Waals surface area contributed by atoms with Gasteiger partial charge < -0.3 is 4.90 Å². The van der Waals surface area contributed by atoms with Crippen LogP contribution < -0.4 is 4.90 Å². The van der Waals surface area contributed by atoms with Gasteiger partial charge in [0.25, 0.3) is 0 Å². The molecule has 0 aromatic heterocycles. The molecule has 0 radical (unpaired) electrons. The SMILES string of the molecule is CCCCCCN(C=C(C)C)c1ccccc1. The van der Waals surface area contributed by atoms with E-state index in [1.807, 2.05) is 0 Å². The van der Waals surface area contributed by atoms with Crippen LogP contribution in [0.1, 0.15) is 46.5 Å². The number of benzene rings is 1. The minimum Gasteiger partial charge on any atom is -0.348 e. The summed E-state index contributed by atoms with van der Waals surface area (Å²) in [6, 6.07) is 10.6. The van der Waals surface area contributed by atoms with Crippen molar-refractivity contribution >= 4 is 5.69 Å². The molecule has 0 aliphatic rings. The summed E-state index contributed by atoms with van der Waals surface area (Å²) in [4.78, 5) is 2.37. The van der Waals surface area contributed by atoms with Gasteiger partial charge in [0.05, 0.1) is 0 Å². The molecule has 0 N–H and O–H groups in total. The van der Waals surface area contributed by atoms with Crippen molar-refractivity contribution in [3.63, 3.8) is 0 Å². The fraction of sp³-hybridized carbons (Fsp3) is 0.500. The molecule has 0 atom stereocenters. The number of rotatable bonds is 7. The van der Waals surface area contributed by atoms with Crippen LogP contribution in [0.3, 0.4) is 0 Å². The first-order chi connectivity index (χ1) is 8.24. The summed E-state index contributed by atoms with van der Waals surface area (Å²) in [6.07, 6.45) is 7.50. The number of unbranched alkanes of at least 4 members (excludes halogenated alkanes) is 3. The lowest BCUT2D eigenvalue weighted by molar-refractivity contribution is 0.666. The van der Waals surface area contributed by atoms with Gasteiger partial charge in [-0.15, -0.1) is 0 Å². The lowest BCUT2D eigenvalue weighted by Crippen LogP contribution is -2.17. The number of nitrogens with zero attached hydrogens (tertiary/aromatic N) is 1. The Balaban J connectivity index is 2.59. The van der Waals surface area contributed by atoms with Crippen molar-refractivity contribution in [2.45, 2.75) is 46.5 Å². The van der Waals surface area contributed by atoms with Crippen LogP contribution in [0.5, 0.6) is 0 Å². The van der Waals surface area contributed by atoms with Crippen LogP contribution in [0.2, 0.25) is 0 Å². The second kappa shape index (κ2) is 7.94. The van der Waals surface area contributed by atoms with Crippen molar-refractivity contribution in [3.05, 3.63) is 42.1 Å². The van der Waals surface area contributed by atoms with Crippen molar-refractivity contribution < 1.29 is 0 Å². The van der Waals surface area contributed by atoms with E-state index in [1.54, 1.807) is 0 Å². The van der Waals surface area contributed by atoms with Crippen LogP contribution in [-0.2, 0) is 0 Å². The molecule has 0 saturated heterocycles. The second-order valence-electron chi connectivity index (χ2n) is 4.80. The Hall–Kier alpha value is -1.24. The summed E-state index contributed by atoms with van der Waals surface area (Å²) >= 11 is 0. The molecule has 0 spiro atoms. The highest BCUT2D eigenvalue weighted by molar-refractivity contribution is 5.49. The molecule has 94 valence electrons. The molecule has 17 heavy (non-hydrogen) atoms. The van der Waals surface area contributed by atoms with E-state index in [-0.39, 0.29) is 0 Å². The zero-order valence-electron chi connectivity index (χ0n) is 11.4. The summed E-state index contributed by atoms with van der Waals surface area (Å²) in [5.74, 6) is 0. The van der Waals surface area contributed by atoms with Crippen molar-refractivity contribution in [2.24, 2.45) is 0 Å². The zero-order chi connectivity index (χ0) is 12.5. The lowest BCUT2D eigenvalue weighted by atomic mass is 10.2. The molecular formula is C16H25N. The van der Waals surface area contributed by atoms with Gasteiger partial charge in [-0.2, -0.15) is 0 Å². The molecule has 1 rings (SSSR count). The van der Waals surface area contributed by atoms with Gasteiger partial charge in [-0.3, -0.25) is 0 Å². The van der Waals surface area contributed by atoms with Crippen molar-refractivity contribution in [1.82, 2.24) is 0 Å². The van der Waals surface area contributed by atoms with Crippen LogP contribution in [0.25, 0.3) is 0 Å². The maximum atomic E-state index is 2.37. The molecule has 0 aliphatic carbocycles. The van der Waals surface area contributed by atoms with Gasteiger partial charge in [0.1, 0.15) is 0 Å². The lowest BCUT2D eigenvalue weighted by Gasteiger charge is -2.21. The largest absolute Gasteiger partial charge is 0.348 e. The van der Waals surface area contributed by atoms with Crippen LogP contribution in [-0.4, -0.2) is 6.54 Å². The zero-order valence-corrected chi connectivity index (χ0v) is 11.4. The van der Waals surface area contributed by atoms with Crippen LogP contribution in [0, 0.1) is 0 Å². The standard InChI is InChI=1S/C16H25N/c1-4-5-6-10-13-17(14-15(2)3)16-11-8-7-9-12-16/h7-9,11-12,14H,4-6,10,13H2,1-3H3. The molecule has 0 fully saturated rings. The topological polar surface area (TPSA) is 3.24 Å². The van der Waals surface area contributed by atoms with Gasteiger partial charge in [-0.1, -0.05) is 50.0 Å². The Morgan fingerprint density at radius 3 is 2.35 bits per heavy atom. The Bertz CT molecular complexity index is 323. The number of anilines is 1. The molecule has 0 heterocycles. The van der Waals surface area contributed by atoms with E-state index >= 15 is 0 Å². The van der Waals surface area contributed by atoms with E-state index in [1.165, 1.54) is 36.9 Å². The molecule has 0 saturated carbocycles. The smallest absolute Gasteiger partial charge is 0.0406 e. The Morgan fingerprint density at radius 1 is 1.06 bits per heavy atom. The monoisotopic (exact) mass is 231 g/mol. The van der Waals surface area contributed by atoms with Crippen LogP contribution in [0.4, 0.5) is 5.69 Å². The quantitative estimate of drug-likeness (QED) is 0.597. The summed E-state index contributed by atoms with van der Waals surface area (Å²) in [6.45, 7) is 7.68. The first kappa shape index (κ1) is 13.8. The fourth-order valence-corrected chi connectivity index (χ4v) is 1.91. The minimum absolute atomic E-state index is 1.12. The Morgan fingerprint density at radius 2 is 1.76 bits per heavy atom. The molecule has 0 amide bonds. The number of hydrogen-bond acceptors (Lipinski definition) is 1. The molecule has 0 unspecified atom stereocenters. The van der Waals surface area contributed by atoms with Gasteiger partial charge in [0.15, 0.2) is 0 Å². The first-order valence-corrected chi connectivity index (χ1v) is 6.70. The van der Waals surface area contributed by atoms with Gasteiger partial charge in [0.2, 0.25) is 0 Å². The number of hydrogen-bond donors (Lipinski definition) is 0. The molecule has 1 heteroatoms. The molecule has 1 aromatic rings. The van der Waals surface area contributed by atoms with Crippen molar-refractivity contribution in [3.8, 4) is 0 Å². The second-order valence-corrected chi connectivity index (χ2v) is 4.80. The summed E-state index contributed by atoms with van der Waals surface area (Å²) in [5, 5.41) is 0. The van der Waals surface area contributed by atoms with E-state index in [0.29, 0.717) is 0 Å². The average molecular weight is 231 g/mol. The predicted molar refractivity (Wildman–Crippen MR) is 77.4 cm³/mol. The normalized spacial score (nSPS) is 10.1. The Labute approximate surface area is 106 Å². The van der Waals surface area contributed by atoms with E-state index < -0.39 is 0 Å². The maximum Gasteiger partial charge on any atom is 0.0406 e. The highest BCUT2D eigenvalue weighted by Crippen LogP contribution is 2.16. The third-order valence-electron chi connectivity index (χ3n) is 2.75. The number of para-hydroxylation sites is 1. The van der Waals surface area contributed by atoms with Crippen molar-refractivity contribution in [1.29, 1.82) is 0 Å². The first-order valence-electron chi connectivity index (χ1n) is 6.70. The van der Waals surface area contributed by atoms with Gasteiger partial charge in [0, 0.05) is 18.4 Å². The maximum absolute atomic E-state index is 2.37. The summed E-state index contributed by atoms with van der Waals surface area (Å²) < 4.78 is 0. The van der Waals surface area contributed by atoms with Crippen LogP contribution in [0.15, 0.2) is 42.1 Å². The third-order valence-corrected chi connectivity index (χ3v) is 2.75. The third kappa shape index (κ3) is 5.58. The van der Waals surface area contributed by atoms with Gasteiger partial charge in [-0.05, 0) is 32.4 Å². The summed E-state index contributed by atoms with van der Waals surface area (Å²) in [5.41, 5.74) is 2.65. The van der Waals surface area contributed by atoms with E-state index in [4.69, 9.17) is 0 Å². The van der Waals surface area contributed by atoms with Crippen LogP contribution >= 0.6 is 0 Å². The molecule has 0 aliphatic heterocycles. The molecule has 1 aromatic carbocycles. The van der Waals surface area contributed by atoms with Gasteiger partial charge >= 0.3 is 0 Å². The molecule has 0 bridgehead atoms. The van der Waals surface area contributed by atoms with E-state index in [2.05, 4.69) is 62.2 Å². The van der Waals surface area contributed by atoms with E-state index in [9.17, 15) is 0 Å². The highest BCUT2D eigenvalue weighted by Gasteiger charge is 2.02. The van der Waals surface area contributed by atoms with E-state index in [0.717, 1.165) is 6.54 Å². The summed E-state index contributed by atoms with van der Waals surface area (Å²) in [7, 11) is 0. The number of allylic oxidation sites excluding steroid dienone is 1. The Kier molecular flexibility index (Phi) is 6.46. The fourth-order valence-electron chi connectivity index (χ4n) is 1.91. The average Bonchev–Trinajstić information content (AvgIpc) is 2.34.